The third kappa shape index (κ3) is 14.0. The molecule has 1 rings (SSSR count). The number of ketones is 2. The first-order valence-corrected chi connectivity index (χ1v) is 14.6. The van der Waals surface area contributed by atoms with Crippen LogP contribution in [0, 0.1) is 5.92 Å². The van der Waals surface area contributed by atoms with Gasteiger partial charge in [-0.05, 0) is 62.0 Å². The van der Waals surface area contributed by atoms with Gasteiger partial charge in [-0.25, -0.2) is 9.78 Å². The van der Waals surface area contributed by atoms with Gasteiger partial charge in [-0.1, -0.05) is 30.7 Å². The fourth-order valence-corrected chi connectivity index (χ4v) is 5.14. The highest BCUT2D eigenvalue weighted by Gasteiger charge is 2.25. The van der Waals surface area contributed by atoms with Crippen LogP contribution in [0.1, 0.15) is 66.2 Å². The van der Waals surface area contributed by atoms with Gasteiger partial charge in [0.1, 0.15) is 10.8 Å². The van der Waals surface area contributed by atoms with Crippen LogP contribution in [0.5, 0.6) is 0 Å². The van der Waals surface area contributed by atoms with E-state index in [-0.39, 0.29) is 53.8 Å². The standard InChI is InChI=1S/C26H37N3O6S2/c1-17(2)16-21(29-25(33)20(11-10-18(3)30)19(4)26(34)35)22(31)8-7-14-27-23(32)12-15-36-37-24-9-5-6-13-28-24/h5-6,9,13,17,21H,7-8,10-12,14-16H2,1-4H3,(H,27,32)(H,29,33)(H,34,35)/b20-19-/t21-/m0/s1. The summed E-state index contributed by atoms with van der Waals surface area (Å²) >= 11 is 0. The van der Waals surface area contributed by atoms with Gasteiger partial charge >= 0.3 is 5.97 Å². The monoisotopic (exact) mass is 551 g/mol. The maximum Gasteiger partial charge on any atom is 0.331 e. The molecule has 9 nitrogen and oxygen atoms in total. The van der Waals surface area contributed by atoms with Gasteiger partial charge in [0.2, 0.25) is 11.8 Å². The molecule has 1 heterocycles. The van der Waals surface area contributed by atoms with Gasteiger partial charge in [-0.15, -0.1) is 0 Å². The first-order chi connectivity index (χ1) is 17.5. The zero-order valence-electron chi connectivity index (χ0n) is 21.9. The molecule has 2 amide bonds. The zero-order chi connectivity index (χ0) is 27.8. The van der Waals surface area contributed by atoms with Gasteiger partial charge in [-0.2, -0.15) is 0 Å². The average molecular weight is 552 g/mol. The molecule has 0 fully saturated rings. The molecule has 204 valence electrons. The molecule has 0 aliphatic rings. The fraction of sp³-hybridized carbons (Fsp3) is 0.538. The highest BCUT2D eigenvalue weighted by molar-refractivity contribution is 8.76. The molecular weight excluding hydrogens is 514 g/mol. The van der Waals surface area contributed by atoms with E-state index in [0.29, 0.717) is 31.6 Å². The van der Waals surface area contributed by atoms with Crippen LogP contribution >= 0.6 is 21.6 Å². The average Bonchev–Trinajstić information content (AvgIpc) is 2.84. The van der Waals surface area contributed by atoms with Crippen LogP contribution in [0.2, 0.25) is 0 Å². The summed E-state index contributed by atoms with van der Waals surface area (Å²) in [6, 6.07) is 4.87. The van der Waals surface area contributed by atoms with E-state index in [1.165, 1.54) is 24.6 Å². The third-order valence-electron chi connectivity index (χ3n) is 5.29. The highest BCUT2D eigenvalue weighted by atomic mass is 33.1. The molecule has 0 saturated carbocycles. The number of nitrogens with one attached hydrogen (secondary N) is 2. The second-order valence-corrected chi connectivity index (χ2v) is 11.4. The minimum atomic E-state index is -1.25. The minimum absolute atomic E-state index is 0.00408. The number of carbonyl (C=O) groups excluding carboxylic acids is 4. The normalized spacial score (nSPS) is 12.5. The summed E-state index contributed by atoms with van der Waals surface area (Å²) in [6.07, 6.45) is 3.08. The number of carboxylic acid groups (broad SMARTS) is 1. The van der Waals surface area contributed by atoms with E-state index < -0.39 is 17.9 Å². The van der Waals surface area contributed by atoms with E-state index in [1.54, 1.807) is 17.0 Å². The van der Waals surface area contributed by atoms with Crippen LogP contribution in [0.15, 0.2) is 40.6 Å². The molecule has 3 N–H and O–H groups in total. The van der Waals surface area contributed by atoms with Crippen LogP contribution in [-0.2, 0) is 24.0 Å². The van der Waals surface area contributed by atoms with Gasteiger partial charge in [0.05, 0.1) is 6.04 Å². The molecule has 0 bridgehead atoms. The Morgan fingerprint density at radius 1 is 1.03 bits per heavy atom. The molecule has 0 aromatic carbocycles. The van der Waals surface area contributed by atoms with E-state index in [2.05, 4.69) is 15.6 Å². The van der Waals surface area contributed by atoms with Crippen LogP contribution in [0.25, 0.3) is 0 Å². The molecule has 0 unspecified atom stereocenters. The molecule has 0 aliphatic heterocycles. The molecule has 1 aromatic heterocycles. The van der Waals surface area contributed by atoms with Crippen LogP contribution < -0.4 is 10.6 Å². The van der Waals surface area contributed by atoms with Crippen molar-refractivity contribution in [1.29, 1.82) is 0 Å². The molecule has 0 aliphatic carbocycles. The quantitative estimate of drug-likeness (QED) is 0.140. The number of carbonyl (C=O) groups is 5. The van der Waals surface area contributed by atoms with Crippen LogP contribution in [0.3, 0.4) is 0 Å². The van der Waals surface area contributed by atoms with Crippen molar-refractivity contribution < 1.29 is 29.1 Å². The lowest BCUT2D eigenvalue weighted by Crippen LogP contribution is -2.43. The molecule has 11 heteroatoms. The first-order valence-electron chi connectivity index (χ1n) is 12.2. The number of pyridine rings is 1. The Labute approximate surface area is 226 Å². The molecule has 0 spiro atoms. The fourth-order valence-electron chi connectivity index (χ4n) is 3.27. The van der Waals surface area contributed by atoms with Crippen LogP contribution in [0.4, 0.5) is 0 Å². The molecule has 0 saturated heterocycles. The number of rotatable bonds is 18. The van der Waals surface area contributed by atoms with E-state index >= 15 is 0 Å². The number of aliphatic carboxylic acids is 1. The highest BCUT2D eigenvalue weighted by Crippen LogP contribution is 2.29. The van der Waals surface area contributed by atoms with E-state index in [4.69, 9.17) is 0 Å². The van der Waals surface area contributed by atoms with E-state index in [0.717, 1.165) is 5.03 Å². The van der Waals surface area contributed by atoms with Crippen molar-refractivity contribution >= 4 is 50.9 Å². The van der Waals surface area contributed by atoms with Crippen molar-refractivity contribution in [2.75, 3.05) is 12.3 Å². The van der Waals surface area contributed by atoms with Crippen molar-refractivity contribution in [2.45, 2.75) is 77.3 Å². The lowest BCUT2D eigenvalue weighted by Gasteiger charge is -2.21. The van der Waals surface area contributed by atoms with Gasteiger partial charge < -0.3 is 20.5 Å². The second-order valence-electron chi connectivity index (χ2n) is 9.01. The van der Waals surface area contributed by atoms with E-state index in [1.807, 2.05) is 32.0 Å². The minimum Gasteiger partial charge on any atom is -0.478 e. The summed E-state index contributed by atoms with van der Waals surface area (Å²) in [5.74, 6) is -1.59. The number of carboxylic acids is 1. The summed E-state index contributed by atoms with van der Waals surface area (Å²) in [4.78, 5) is 64.8. The molecule has 0 radical (unpaired) electrons. The summed E-state index contributed by atoms with van der Waals surface area (Å²) in [6.45, 7) is 6.87. The Morgan fingerprint density at radius 2 is 1.76 bits per heavy atom. The summed E-state index contributed by atoms with van der Waals surface area (Å²) in [7, 11) is 3.06. The predicted octanol–water partition coefficient (Wildman–Crippen LogP) is 3.98. The Morgan fingerprint density at radius 3 is 2.35 bits per heavy atom. The summed E-state index contributed by atoms with van der Waals surface area (Å²) in [5.41, 5.74) is -0.149. The SMILES string of the molecule is CC(=O)CC/C(C(=O)N[C@@H](CC(C)C)C(=O)CCCNC(=O)CCSSc1ccccn1)=C(\C)C(=O)O. The number of hydrogen-bond donors (Lipinski definition) is 3. The van der Waals surface area contributed by atoms with Crippen molar-refractivity contribution in [1.82, 2.24) is 15.6 Å². The number of Topliss-reactive ketones (excluding diaryl/α,β-unsaturated/α-hetero) is 2. The smallest absolute Gasteiger partial charge is 0.331 e. The Bertz CT molecular complexity index is 966. The topological polar surface area (TPSA) is 143 Å². The van der Waals surface area contributed by atoms with Crippen LogP contribution in [-0.4, -0.2) is 57.8 Å². The number of nitrogens with zero attached hydrogens (tertiary/aromatic N) is 1. The van der Waals surface area contributed by atoms with Crippen molar-refractivity contribution in [3.63, 3.8) is 0 Å². The maximum atomic E-state index is 12.9. The maximum absolute atomic E-state index is 12.9. The van der Waals surface area contributed by atoms with Crippen molar-refractivity contribution in [3.8, 4) is 0 Å². The van der Waals surface area contributed by atoms with Crippen molar-refractivity contribution in [2.24, 2.45) is 5.92 Å². The lowest BCUT2D eigenvalue weighted by molar-refractivity contribution is -0.133. The van der Waals surface area contributed by atoms with Gasteiger partial charge in [0.25, 0.3) is 0 Å². The lowest BCUT2D eigenvalue weighted by atomic mass is 9.96. The number of hydrogen-bond acceptors (Lipinski definition) is 8. The van der Waals surface area contributed by atoms with Crippen molar-refractivity contribution in [3.05, 3.63) is 35.5 Å². The predicted molar refractivity (Wildman–Crippen MR) is 146 cm³/mol. The first kappa shape index (κ1) is 32.4. The van der Waals surface area contributed by atoms with Gasteiger partial charge in [-0.3, -0.25) is 14.4 Å². The molecular formula is C26H37N3O6S2. The van der Waals surface area contributed by atoms with Gasteiger partial charge in [0.15, 0.2) is 5.78 Å². The number of amides is 2. The van der Waals surface area contributed by atoms with E-state index in [9.17, 15) is 29.1 Å². The van der Waals surface area contributed by atoms with Gasteiger partial charge in [0, 0.05) is 48.9 Å². The second kappa shape index (κ2) is 17.7. The molecule has 1 atom stereocenters. The number of aromatic nitrogens is 1. The zero-order valence-corrected chi connectivity index (χ0v) is 23.5. The Hall–Kier alpha value is -2.66. The summed E-state index contributed by atoms with van der Waals surface area (Å²) < 4.78 is 0. The molecule has 1 aromatic rings. The Kier molecular flexibility index (Phi) is 15.5. The Balaban J connectivity index is 2.54. The summed E-state index contributed by atoms with van der Waals surface area (Å²) in [5, 5.41) is 15.7. The molecule has 37 heavy (non-hydrogen) atoms. The third-order valence-corrected chi connectivity index (χ3v) is 7.56. The largest absolute Gasteiger partial charge is 0.478 e.